The molecular weight excluding hydrogens is 364 g/mol. The van der Waals surface area contributed by atoms with E-state index in [4.69, 9.17) is 5.10 Å². The number of hydrogen-bond acceptors (Lipinski definition) is 5. The summed E-state index contributed by atoms with van der Waals surface area (Å²) in [4.78, 5) is 15.0. The van der Waals surface area contributed by atoms with E-state index in [2.05, 4.69) is 40.3 Å². The first-order valence-corrected chi connectivity index (χ1v) is 11.0. The Hall–Kier alpha value is -2.44. The monoisotopic (exact) mass is 396 g/mol. The Morgan fingerprint density at radius 3 is 2.93 bits per heavy atom. The molecule has 0 aromatic carbocycles. The van der Waals surface area contributed by atoms with E-state index in [1.54, 1.807) is 0 Å². The van der Waals surface area contributed by atoms with Gasteiger partial charge in [-0.25, -0.2) is 0 Å². The maximum atomic E-state index is 12.7. The number of anilines is 1. The zero-order valence-electron chi connectivity index (χ0n) is 17.6. The molecule has 1 aliphatic heterocycles. The minimum absolute atomic E-state index is 0.0204. The molecule has 0 saturated carbocycles. The van der Waals surface area contributed by atoms with E-state index in [0.717, 1.165) is 49.6 Å². The molecule has 3 heterocycles. The van der Waals surface area contributed by atoms with Crippen LogP contribution in [0.15, 0.2) is 23.8 Å². The Morgan fingerprint density at radius 1 is 1.24 bits per heavy atom. The summed E-state index contributed by atoms with van der Waals surface area (Å²) >= 11 is 0. The van der Waals surface area contributed by atoms with Gasteiger partial charge in [-0.1, -0.05) is 25.5 Å². The zero-order valence-corrected chi connectivity index (χ0v) is 17.6. The topological polar surface area (TPSA) is 75.4 Å². The Balaban J connectivity index is 1.37. The molecule has 29 heavy (non-hydrogen) atoms. The second-order valence-corrected chi connectivity index (χ2v) is 8.61. The first-order valence-electron chi connectivity index (χ1n) is 11.0. The molecule has 1 amide bonds. The van der Waals surface area contributed by atoms with Crippen LogP contribution in [0.2, 0.25) is 0 Å². The average Bonchev–Trinajstić information content (AvgIpc) is 3.18. The summed E-state index contributed by atoms with van der Waals surface area (Å²) in [6.07, 6.45) is 10.3. The number of hydrogen-bond donors (Lipinski definition) is 1. The molecule has 0 spiro atoms. The van der Waals surface area contributed by atoms with Gasteiger partial charge in [-0.2, -0.15) is 4.52 Å². The van der Waals surface area contributed by atoms with E-state index >= 15 is 0 Å². The highest BCUT2D eigenvalue weighted by Crippen LogP contribution is 2.23. The van der Waals surface area contributed by atoms with Crippen LogP contribution in [0.3, 0.4) is 0 Å². The lowest BCUT2D eigenvalue weighted by molar-refractivity contribution is -0.125. The van der Waals surface area contributed by atoms with Gasteiger partial charge in [0.25, 0.3) is 0 Å². The lowest BCUT2D eigenvalue weighted by Crippen LogP contribution is -2.43. The predicted octanol–water partition coefficient (Wildman–Crippen LogP) is 3.47. The highest BCUT2D eigenvalue weighted by Gasteiger charge is 2.27. The fraction of sp³-hybridized carbons (Fsp3) is 0.636. The lowest BCUT2D eigenvalue weighted by atomic mass is 9.96. The van der Waals surface area contributed by atoms with Crippen LogP contribution >= 0.6 is 0 Å². The summed E-state index contributed by atoms with van der Waals surface area (Å²) in [5, 5.41) is 16.4. The number of carbonyl (C=O) groups excluding carboxylic acids is 1. The van der Waals surface area contributed by atoms with Crippen LogP contribution in [0.1, 0.15) is 70.5 Å². The van der Waals surface area contributed by atoms with Crippen LogP contribution in [0, 0.1) is 5.92 Å². The second-order valence-electron chi connectivity index (χ2n) is 8.61. The normalized spacial score (nSPS) is 20.2. The smallest absolute Gasteiger partial charge is 0.224 e. The lowest BCUT2D eigenvalue weighted by Gasteiger charge is -2.32. The number of aromatic nitrogens is 4. The van der Waals surface area contributed by atoms with Crippen molar-refractivity contribution in [2.24, 2.45) is 5.92 Å². The van der Waals surface area contributed by atoms with Gasteiger partial charge in [0.2, 0.25) is 5.91 Å². The molecule has 1 atom stereocenters. The van der Waals surface area contributed by atoms with Crippen LogP contribution < -0.4 is 10.2 Å². The molecule has 1 fully saturated rings. The quantitative estimate of drug-likeness (QED) is 0.757. The van der Waals surface area contributed by atoms with E-state index in [9.17, 15) is 4.79 Å². The van der Waals surface area contributed by atoms with Gasteiger partial charge in [-0.05, 0) is 57.1 Å². The van der Waals surface area contributed by atoms with Gasteiger partial charge in [0.15, 0.2) is 11.5 Å². The van der Waals surface area contributed by atoms with Crippen molar-refractivity contribution in [2.75, 3.05) is 24.5 Å². The van der Waals surface area contributed by atoms with Crippen molar-refractivity contribution in [3.8, 4) is 0 Å². The SMILES string of the molecule is CC(C)c1nnc2ccc(N3CCCC(C(=O)NCCC4=CCCCC4)C3)nn12. The van der Waals surface area contributed by atoms with Crippen molar-refractivity contribution in [3.63, 3.8) is 0 Å². The fourth-order valence-electron chi connectivity index (χ4n) is 4.35. The van der Waals surface area contributed by atoms with E-state index < -0.39 is 0 Å². The second kappa shape index (κ2) is 8.93. The van der Waals surface area contributed by atoms with Crippen molar-refractivity contribution >= 4 is 17.4 Å². The Labute approximate surface area is 172 Å². The third-order valence-electron chi connectivity index (χ3n) is 6.04. The van der Waals surface area contributed by atoms with Gasteiger partial charge in [0.1, 0.15) is 5.82 Å². The van der Waals surface area contributed by atoms with Crippen molar-refractivity contribution in [1.29, 1.82) is 0 Å². The van der Waals surface area contributed by atoms with Crippen molar-refractivity contribution in [3.05, 3.63) is 29.6 Å². The van der Waals surface area contributed by atoms with Crippen LogP contribution in [-0.2, 0) is 4.79 Å². The van der Waals surface area contributed by atoms with Gasteiger partial charge < -0.3 is 10.2 Å². The summed E-state index contributed by atoms with van der Waals surface area (Å²) in [7, 11) is 0. The van der Waals surface area contributed by atoms with Gasteiger partial charge >= 0.3 is 0 Å². The molecule has 0 radical (unpaired) electrons. The molecule has 1 N–H and O–H groups in total. The van der Waals surface area contributed by atoms with Crippen LogP contribution in [-0.4, -0.2) is 45.4 Å². The van der Waals surface area contributed by atoms with Crippen LogP contribution in [0.5, 0.6) is 0 Å². The van der Waals surface area contributed by atoms with Gasteiger partial charge in [-0.3, -0.25) is 4.79 Å². The minimum atomic E-state index is 0.0204. The fourth-order valence-corrected chi connectivity index (χ4v) is 4.35. The summed E-state index contributed by atoms with van der Waals surface area (Å²) in [6.45, 7) is 6.58. The molecule has 156 valence electrons. The Kier molecular flexibility index (Phi) is 6.11. The third-order valence-corrected chi connectivity index (χ3v) is 6.04. The molecular formula is C22H32N6O. The van der Waals surface area contributed by atoms with Crippen molar-refractivity contribution in [1.82, 2.24) is 25.1 Å². The van der Waals surface area contributed by atoms with E-state index in [1.165, 1.54) is 31.3 Å². The Bertz CT molecular complexity index is 887. The molecule has 2 aliphatic rings. The number of nitrogens with zero attached hydrogens (tertiary/aromatic N) is 5. The highest BCUT2D eigenvalue weighted by molar-refractivity contribution is 5.79. The van der Waals surface area contributed by atoms with Crippen LogP contribution in [0.25, 0.3) is 5.65 Å². The van der Waals surface area contributed by atoms with Crippen molar-refractivity contribution in [2.45, 2.75) is 64.7 Å². The van der Waals surface area contributed by atoms with Gasteiger partial charge in [-0.15, -0.1) is 15.3 Å². The van der Waals surface area contributed by atoms with Crippen LogP contribution in [0.4, 0.5) is 5.82 Å². The predicted molar refractivity (Wildman–Crippen MR) is 114 cm³/mol. The number of carbonyl (C=O) groups is 1. The summed E-state index contributed by atoms with van der Waals surface area (Å²) < 4.78 is 1.83. The largest absolute Gasteiger partial charge is 0.355 e. The van der Waals surface area contributed by atoms with E-state index in [0.29, 0.717) is 6.54 Å². The average molecular weight is 397 g/mol. The number of rotatable bonds is 6. The first-order chi connectivity index (χ1) is 14.1. The summed E-state index contributed by atoms with van der Waals surface area (Å²) in [5.41, 5.74) is 2.27. The number of nitrogens with one attached hydrogen (secondary N) is 1. The molecule has 2 aromatic heterocycles. The van der Waals surface area contributed by atoms with Gasteiger partial charge in [0, 0.05) is 25.6 Å². The number of amides is 1. The minimum Gasteiger partial charge on any atom is -0.355 e. The standard InChI is InChI=1S/C22H32N6O/c1-16(2)21-25-24-19-10-11-20(26-28(19)21)27-14-6-9-18(15-27)22(29)23-13-12-17-7-4-3-5-8-17/h7,10-11,16,18H,3-6,8-9,12-15H2,1-2H3,(H,23,29). The maximum Gasteiger partial charge on any atom is 0.224 e. The third kappa shape index (κ3) is 4.60. The molecule has 1 unspecified atom stereocenters. The molecule has 2 aromatic rings. The molecule has 4 rings (SSSR count). The number of piperidine rings is 1. The zero-order chi connectivity index (χ0) is 20.2. The summed E-state index contributed by atoms with van der Waals surface area (Å²) in [5.74, 6) is 2.22. The Morgan fingerprint density at radius 2 is 2.14 bits per heavy atom. The molecule has 7 heteroatoms. The molecule has 1 aliphatic carbocycles. The molecule has 0 bridgehead atoms. The number of fused-ring (bicyclic) bond motifs is 1. The van der Waals surface area contributed by atoms with E-state index in [1.807, 2.05) is 16.6 Å². The highest BCUT2D eigenvalue weighted by atomic mass is 16.1. The molecule has 7 nitrogen and oxygen atoms in total. The van der Waals surface area contributed by atoms with Gasteiger partial charge in [0.05, 0.1) is 5.92 Å². The first kappa shape index (κ1) is 19.9. The van der Waals surface area contributed by atoms with Crippen molar-refractivity contribution < 1.29 is 4.79 Å². The number of allylic oxidation sites excluding steroid dienone is 1. The maximum absolute atomic E-state index is 12.7. The molecule has 1 saturated heterocycles. The summed E-state index contributed by atoms with van der Waals surface area (Å²) in [6, 6.07) is 3.95. The van der Waals surface area contributed by atoms with E-state index in [-0.39, 0.29) is 17.7 Å².